The van der Waals surface area contributed by atoms with Gasteiger partial charge < -0.3 is 5.11 Å². The maximum Gasteiger partial charge on any atom is 0.317 e. The molecule has 0 aromatic heterocycles. The van der Waals surface area contributed by atoms with E-state index >= 15 is 0 Å². The first kappa shape index (κ1) is 16.3. The van der Waals surface area contributed by atoms with Crippen LogP contribution in [0.3, 0.4) is 0 Å². The van der Waals surface area contributed by atoms with Gasteiger partial charge in [0.1, 0.15) is 0 Å². The molecule has 2 rings (SSSR count). The summed E-state index contributed by atoms with van der Waals surface area (Å²) in [5.41, 5.74) is 1.24. The maximum atomic E-state index is 10.9. The number of rotatable bonds is 6. The van der Waals surface area contributed by atoms with Crippen molar-refractivity contribution in [2.24, 2.45) is 0 Å². The Morgan fingerprint density at radius 1 is 1.43 bits per heavy atom. The van der Waals surface area contributed by atoms with Crippen molar-refractivity contribution >= 4 is 17.6 Å². The van der Waals surface area contributed by atoms with E-state index in [1.807, 2.05) is 25.1 Å². The molecule has 4 nitrogen and oxygen atoms in total. The summed E-state index contributed by atoms with van der Waals surface area (Å²) in [4.78, 5) is 15.4. The number of nitrogens with zero attached hydrogens (tertiary/aromatic N) is 2. The van der Waals surface area contributed by atoms with Gasteiger partial charge in [-0.2, -0.15) is 0 Å². The number of hydrogen-bond acceptors (Lipinski definition) is 3. The van der Waals surface area contributed by atoms with Gasteiger partial charge in [-0.15, -0.1) is 0 Å². The molecule has 0 atom stereocenters. The number of likely N-dealkylation sites (N-methyl/N-ethyl adjacent to an activating group) is 1. The van der Waals surface area contributed by atoms with Crippen LogP contribution in [0, 0.1) is 0 Å². The van der Waals surface area contributed by atoms with Crippen molar-refractivity contribution in [3.05, 3.63) is 34.9 Å². The predicted octanol–water partition coefficient (Wildman–Crippen LogP) is 2.71. The van der Waals surface area contributed by atoms with E-state index in [-0.39, 0.29) is 6.54 Å². The summed E-state index contributed by atoms with van der Waals surface area (Å²) >= 11 is 6.01. The standard InChI is InChI=1S/C16H23ClN2O2/c1-2-19(12-16(20)21)15-6-8-18(9-7-15)11-13-4-3-5-14(17)10-13/h3-5,10,15H,2,6-9,11-12H2,1H3,(H,20,21). The zero-order chi connectivity index (χ0) is 15.2. The second-order valence-corrected chi connectivity index (χ2v) is 6.03. The van der Waals surface area contributed by atoms with Crippen molar-refractivity contribution in [1.82, 2.24) is 9.80 Å². The Bertz CT molecular complexity index is 473. The average molecular weight is 311 g/mol. The average Bonchev–Trinajstić information content (AvgIpc) is 2.45. The highest BCUT2D eigenvalue weighted by Crippen LogP contribution is 2.19. The lowest BCUT2D eigenvalue weighted by atomic mass is 10.0. The monoisotopic (exact) mass is 310 g/mol. The van der Waals surface area contributed by atoms with Gasteiger partial charge in [0.2, 0.25) is 0 Å². The van der Waals surface area contributed by atoms with Crippen LogP contribution in [-0.2, 0) is 11.3 Å². The Morgan fingerprint density at radius 2 is 2.14 bits per heavy atom. The highest BCUT2D eigenvalue weighted by molar-refractivity contribution is 6.30. The van der Waals surface area contributed by atoms with Crippen LogP contribution < -0.4 is 0 Å². The minimum Gasteiger partial charge on any atom is -0.480 e. The third kappa shape index (κ3) is 4.99. The zero-order valence-corrected chi connectivity index (χ0v) is 13.2. The van der Waals surface area contributed by atoms with Gasteiger partial charge in [0.15, 0.2) is 0 Å². The Morgan fingerprint density at radius 3 is 2.71 bits per heavy atom. The first-order valence-corrected chi connectivity index (χ1v) is 7.89. The molecule has 116 valence electrons. The molecule has 0 spiro atoms. The molecular formula is C16H23ClN2O2. The third-order valence-electron chi connectivity index (χ3n) is 4.11. The summed E-state index contributed by atoms with van der Waals surface area (Å²) < 4.78 is 0. The third-order valence-corrected chi connectivity index (χ3v) is 4.35. The van der Waals surface area contributed by atoms with E-state index in [1.54, 1.807) is 0 Å². The fourth-order valence-electron chi connectivity index (χ4n) is 3.01. The molecule has 0 saturated carbocycles. The quantitative estimate of drug-likeness (QED) is 0.877. The van der Waals surface area contributed by atoms with Gasteiger partial charge >= 0.3 is 5.97 Å². The molecule has 1 N–H and O–H groups in total. The van der Waals surface area contributed by atoms with E-state index < -0.39 is 5.97 Å². The van der Waals surface area contributed by atoms with Crippen molar-refractivity contribution in [2.45, 2.75) is 32.4 Å². The topological polar surface area (TPSA) is 43.8 Å². The van der Waals surface area contributed by atoms with Gasteiger partial charge in [-0.05, 0) is 50.2 Å². The summed E-state index contributed by atoms with van der Waals surface area (Å²) in [6.07, 6.45) is 2.06. The van der Waals surface area contributed by atoms with Crippen molar-refractivity contribution in [3.63, 3.8) is 0 Å². The molecule has 5 heteroatoms. The minimum absolute atomic E-state index is 0.148. The lowest BCUT2D eigenvalue weighted by molar-refractivity contribution is -0.139. The van der Waals surface area contributed by atoms with Crippen molar-refractivity contribution in [1.29, 1.82) is 0 Å². The predicted molar refractivity (Wildman–Crippen MR) is 84.6 cm³/mol. The van der Waals surface area contributed by atoms with Gasteiger partial charge in [-0.1, -0.05) is 30.7 Å². The normalized spacial score (nSPS) is 17.3. The summed E-state index contributed by atoms with van der Waals surface area (Å²) in [6, 6.07) is 8.37. The fraction of sp³-hybridized carbons (Fsp3) is 0.562. The number of carboxylic acids is 1. The number of aliphatic carboxylic acids is 1. The van der Waals surface area contributed by atoms with E-state index in [0.717, 1.165) is 44.0 Å². The lowest BCUT2D eigenvalue weighted by Crippen LogP contribution is -2.46. The molecule has 1 aliphatic rings. The van der Waals surface area contributed by atoms with Crippen LogP contribution in [0.4, 0.5) is 0 Å². The van der Waals surface area contributed by atoms with Crippen molar-refractivity contribution in [2.75, 3.05) is 26.2 Å². The number of benzene rings is 1. The minimum atomic E-state index is -0.738. The van der Waals surface area contributed by atoms with Gasteiger partial charge in [0, 0.05) is 17.6 Å². The summed E-state index contributed by atoms with van der Waals surface area (Å²) in [6.45, 7) is 5.90. The van der Waals surface area contributed by atoms with E-state index in [9.17, 15) is 4.79 Å². The Kier molecular flexibility index (Phi) is 6.03. The van der Waals surface area contributed by atoms with Crippen LogP contribution in [0.15, 0.2) is 24.3 Å². The summed E-state index contributed by atoms with van der Waals surface area (Å²) in [5.74, 6) is -0.738. The molecule has 1 aromatic rings. The van der Waals surface area contributed by atoms with Crippen molar-refractivity contribution in [3.8, 4) is 0 Å². The molecule has 0 amide bonds. The number of halogens is 1. The Balaban J connectivity index is 1.84. The van der Waals surface area contributed by atoms with E-state index in [0.29, 0.717) is 6.04 Å². The number of likely N-dealkylation sites (tertiary alicyclic amines) is 1. The molecule has 21 heavy (non-hydrogen) atoms. The molecule has 1 saturated heterocycles. The van der Waals surface area contributed by atoms with Gasteiger partial charge in [-0.3, -0.25) is 14.6 Å². The van der Waals surface area contributed by atoms with E-state index in [4.69, 9.17) is 16.7 Å². The molecule has 1 aliphatic heterocycles. The first-order chi connectivity index (χ1) is 10.1. The number of hydrogen-bond donors (Lipinski definition) is 1. The molecule has 1 fully saturated rings. The van der Waals surface area contributed by atoms with Crippen LogP contribution in [0.2, 0.25) is 5.02 Å². The molecular weight excluding hydrogens is 288 g/mol. The van der Waals surface area contributed by atoms with E-state index in [2.05, 4.69) is 15.9 Å². The summed E-state index contributed by atoms with van der Waals surface area (Å²) in [5, 5.41) is 9.73. The molecule has 0 aliphatic carbocycles. The lowest BCUT2D eigenvalue weighted by Gasteiger charge is -2.37. The van der Waals surface area contributed by atoms with Gasteiger partial charge in [-0.25, -0.2) is 0 Å². The fourth-order valence-corrected chi connectivity index (χ4v) is 3.22. The highest BCUT2D eigenvalue weighted by Gasteiger charge is 2.24. The first-order valence-electron chi connectivity index (χ1n) is 7.51. The van der Waals surface area contributed by atoms with Crippen LogP contribution >= 0.6 is 11.6 Å². The molecule has 1 heterocycles. The maximum absolute atomic E-state index is 10.9. The number of piperidine rings is 1. The smallest absolute Gasteiger partial charge is 0.317 e. The zero-order valence-electron chi connectivity index (χ0n) is 12.5. The number of carbonyl (C=O) groups is 1. The number of carboxylic acid groups (broad SMARTS) is 1. The van der Waals surface area contributed by atoms with Gasteiger partial charge in [0.05, 0.1) is 6.54 Å². The van der Waals surface area contributed by atoms with Crippen LogP contribution in [0.5, 0.6) is 0 Å². The van der Waals surface area contributed by atoms with Gasteiger partial charge in [0.25, 0.3) is 0 Å². The largest absolute Gasteiger partial charge is 0.480 e. The molecule has 0 bridgehead atoms. The van der Waals surface area contributed by atoms with Crippen LogP contribution in [0.1, 0.15) is 25.3 Å². The Hall–Kier alpha value is -1.10. The molecule has 1 aromatic carbocycles. The second kappa shape index (κ2) is 7.78. The second-order valence-electron chi connectivity index (χ2n) is 5.59. The van der Waals surface area contributed by atoms with E-state index in [1.165, 1.54) is 5.56 Å². The van der Waals surface area contributed by atoms with Crippen LogP contribution in [-0.4, -0.2) is 53.1 Å². The van der Waals surface area contributed by atoms with Crippen molar-refractivity contribution < 1.29 is 9.90 Å². The Labute approximate surface area is 131 Å². The summed E-state index contributed by atoms with van der Waals surface area (Å²) in [7, 11) is 0. The SMILES string of the molecule is CCN(CC(=O)O)C1CCN(Cc2cccc(Cl)c2)CC1. The molecule has 0 radical (unpaired) electrons. The van der Waals surface area contributed by atoms with Crippen LogP contribution in [0.25, 0.3) is 0 Å². The highest BCUT2D eigenvalue weighted by atomic mass is 35.5. The molecule has 0 unspecified atom stereocenters.